The fraction of sp³-hybridized carbons (Fsp3) is 0.308. The fourth-order valence-electron chi connectivity index (χ4n) is 4.64. The molecule has 7 nitrogen and oxygen atoms in total. The van der Waals surface area contributed by atoms with Gasteiger partial charge >= 0.3 is 0 Å². The zero-order chi connectivity index (χ0) is 24.5. The molecule has 2 aromatic carbocycles. The molecular formula is C26H25F2N5O2. The second kappa shape index (κ2) is 9.40. The summed E-state index contributed by atoms with van der Waals surface area (Å²) >= 11 is 0. The molecule has 2 aromatic heterocycles. The molecule has 0 saturated carbocycles. The Morgan fingerprint density at radius 1 is 1.20 bits per heavy atom. The lowest BCUT2D eigenvalue weighted by molar-refractivity contribution is 0.0539. The Bertz CT molecular complexity index is 1380. The predicted molar refractivity (Wildman–Crippen MR) is 128 cm³/mol. The summed E-state index contributed by atoms with van der Waals surface area (Å²) in [5.41, 5.74) is 1.65. The molecule has 1 N–H and O–H groups in total. The Morgan fingerprint density at radius 2 is 2.00 bits per heavy atom. The van der Waals surface area contributed by atoms with E-state index in [0.717, 1.165) is 12.8 Å². The minimum atomic E-state index is -0.500. The van der Waals surface area contributed by atoms with Crippen LogP contribution in [0.1, 0.15) is 35.7 Å². The average Bonchev–Trinajstić information content (AvgIpc) is 3.26. The number of hydrogen-bond donors (Lipinski definition) is 1. The van der Waals surface area contributed by atoms with Gasteiger partial charge in [0.15, 0.2) is 11.4 Å². The maximum Gasteiger partial charge on any atom is 0.295 e. The number of hydrogen-bond acceptors (Lipinski definition) is 6. The zero-order valence-electron chi connectivity index (χ0n) is 19.5. The van der Waals surface area contributed by atoms with E-state index in [-0.39, 0.29) is 40.8 Å². The summed E-state index contributed by atoms with van der Waals surface area (Å²) in [4.78, 5) is 28.3. The Morgan fingerprint density at radius 3 is 2.80 bits per heavy atom. The van der Waals surface area contributed by atoms with Gasteiger partial charge in [-0.3, -0.25) is 4.79 Å². The van der Waals surface area contributed by atoms with E-state index in [9.17, 15) is 9.18 Å². The summed E-state index contributed by atoms with van der Waals surface area (Å²) in [7, 11) is 0. The molecule has 4 aromatic rings. The third-order valence-corrected chi connectivity index (χ3v) is 6.54. The Labute approximate surface area is 201 Å². The number of fused-ring (bicyclic) bond motifs is 1. The first-order chi connectivity index (χ1) is 16.9. The SMILES string of the molecule is Cc1ccc(C(=O)N2CCC[C@@H](C)[C@H]2CNc2nc3cc(F)ccc3o2)c(-c2ncccn2)c1F. The Kier molecular flexibility index (Phi) is 6.15. The number of carbonyl (C=O) groups is 1. The number of aryl methyl sites for hydroxylation is 1. The van der Waals surface area contributed by atoms with E-state index in [1.807, 2.05) is 0 Å². The van der Waals surface area contributed by atoms with Crippen LogP contribution in [-0.2, 0) is 0 Å². The Balaban J connectivity index is 1.44. The lowest BCUT2D eigenvalue weighted by atomic mass is 9.89. The van der Waals surface area contributed by atoms with Crippen LogP contribution in [0.4, 0.5) is 14.8 Å². The summed E-state index contributed by atoms with van der Waals surface area (Å²) in [6.07, 6.45) is 4.85. The van der Waals surface area contributed by atoms with Crippen molar-refractivity contribution < 1.29 is 18.0 Å². The van der Waals surface area contributed by atoms with E-state index in [0.29, 0.717) is 29.8 Å². The van der Waals surface area contributed by atoms with E-state index >= 15 is 4.39 Å². The molecule has 0 bridgehead atoms. The van der Waals surface area contributed by atoms with Crippen molar-refractivity contribution in [2.75, 3.05) is 18.4 Å². The van der Waals surface area contributed by atoms with Crippen LogP contribution in [0, 0.1) is 24.5 Å². The first-order valence-electron chi connectivity index (χ1n) is 11.6. The lowest BCUT2D eigenvalue weighted by Gasteiger charge is -2.40. The molecule has 0 radical (unpaired) electrons. The van der Waals surface area contributed by atoms with Crippen LogP contribution in [0.25, 0.3) is 22.5 Å². The number of rotatable bonds is 5. The van der Waals surface area contributed by atoms with Crippen molar-refractivity contribution in [3.05, 3.63) is 71.6 Å². The number of aromatic nitrogens is 3. The van der Waals surface area contributed by atoms with E-state index in [1.165, 1.54) is 30.6 Å². The summed E-state index contributed by atoms with van der Waals surface area (Å²) < 4.78 is 34.4. The van der Waals surface area contributed by atoms with Gasteiger partial charge in [-0.1, -0.05) is 13.0 Å². The van der Waals surface area contributed by atoms with E-state index in [4.69, 9.17) is 4.42 Å². The van der Waals surface area contributed by atoms with Gasteiger partial charge in [0.05, 0.1) is 17.2 Å². The van der Waals surface area contributed by atoms with Crippen molar-refractivity contribution >= 4 is 23.0 Å². The third kappa shape index (κ3) is 4.45. The van der Waals surface area contributed by atoms with Gasteiger partial charge in [0, 0.05) is 31.5 Å². The molecule has 35 heavy (non-hydrogen) atoms. The number of carbonyl (C=O) groups excluding carboxylic acids is 1. The minimum Gasteiger partial charge on any atom is -0.424 e. The number of benzene rings is 2. The van der Waals surface area contributed by atoms with Crippen molar-refractivity contribution in [1.29, 1.82) is 0 Å². The van der Waals surface area contributed by atoms with Gasteiger partial charge in [0.1, 0.15) is 17.2 Å². The molecule has 5 rings (SSSR count). The molecule has 1 amide bonds. The van der Waals surface area contributed by atoms with E-state index < -0.39 is 11.6 Å². The first-order valence-corrected chi connectivity index (χ1v) is 11.6. The number of anilines is 1. The normalized spacial score (nSPS) is 18.1. The van der Waals surface area contributed by atoms with Crippen LogP contribution in [0.3, 0.4) is 0 Å². The monoisotopic (exact) mass is 477 g/mol. The highest BCUT2D eigenvalue weighted by molar-refractivity contribution is 6.00. The highest BCUT2D eigenvalue weighted by Crippen LogP contribution is 2.31. The van der Waals surface area contributed by atoms with Crippen molar-refractivity contribution in [2.45, 2.75) is 32.7 Å². The van der Waals surface area contributed by atoms with Gasteiger partial charge in [-0.25, -0.2) is 18.7 Å². The molecule has 0 spiro atoms. The average molecular weight is 478 g/mol. The van der Waals surface area contributed by atoms with Crippen LogP contribution in [0.2, 0.25) is 0 Å². The summed E-state index contributed by atoms with van der Waals surface area (Å²) in [5.74, 6) is -0.799. The van der Waals surface area contributed by atoms with E-state index in [2.05, 4.69) is 27.2 Å². The molecule has 1 saturated heterocycles. The summed E-state index contributed by atoms with van der Waals surface area (Å²) in [6, 6.07) is 9.12. The van der Waals surface area contributed by atoms with E-state index in [1.54, 1.807) is 30.0 Å². The number of likely N-dealkylation sites (tertiary alicyclic amines) is 1. The largest absolute Gasteiger partial charge is 0.424 e. The topological polar surface area (TPSA) is 84.2 Å². The number of amides is 1. The molecule has 0 aliphatic carbocycles. The smallest absolute Gasteiger partial charge is 0.295 e. The molecular weight excluding hydrogens is 452 g/mol. The molecule has 180 valence electrons. The van der Waals surface area contributed by atoms with Crippen LogP contribution in [0.5, 0.6) is 0 Å². The zero-order valence-corrected chi connectivity index (χ0v) is 19.5. The number of oxazole rings is 1. The minimum absolute atomic E-state index is 0.113. The third-order valence-electron chi connectivity index (χ3n) is 6.54. The van der Waals surface area contributed by atoms with Gasteiger partial charge in [-0.2, -0.15) is 4.98 Å². The molecule has 9 heteroatoms. The standard InChI is InChI=1S/C26H25F2N5O2/c1-15-5-3-12-33(20(15)14-31-26-32-19-13-17(27)7-9-21(19)35-26)25(34)18-8-6-16(2)23(28)22(18)24-29-10-4-11-30-24/h4,6-11,13,15,20H,3,5,12,14H2,1-2H3,(H,31,32)/t15-,20-/m1/s1. The van der Waals surface area contributed by atoms with Gasteiger partial charge < -0.3 is 14.6 Å². The van der Waals surface area contributed by atoms with Crippen LogP contribution >= 0.6 is 0 Å². The van der Waals surface area contributed by atoms with Gasteiger partial charge in [0.25, 0.3) is 11.9 Å². The molecule has 3 heterocycles. The fourth-order valence-corrected chi connectivity index (χ4v) is 4.64. The lowest BCUT2D eigenvalue weighted by Crippen LogP contribution is -2.51. The maximum absolute atomic E-state index is 15.2. The number of piperidine rings is 1. The number of nitrogens with one attached hydrogen (secondary N) is 1. The van der Waals surface area contributed by atoms with Gasteiger partial charge in [-0.05, 0) is 55.5 Å². The van der Waals surface area contributed by atoms with Crippen molar-refractivity contribution in [3.8, 4) is 11.4 Å². The second-order valence-electron chi connectivity index (χ2n) is 8.89. The van der Waals surface area contributed by atoms with Crippen molar-refractivity contribution in [2.24, 2.45) is 5.92 Å². The predicted octanol–water partition coefficient (Wildman–Crippen LogP) is 5.22. The highest BCUT2D eigenvalue weighted by Gasteiger charge is 2.34. The van der Waals surface area contributed by atoms with Crippen molar-refractivity contribution in [3.63, 3.8) is 0 Å². The summed E-state index contributed by atoms with van der Waals surface area (Å²) in [5, 5.41) is 3.16. The van der Waals surface area contributed by atoms with Gasteiger partial charge in [0.2, 0.25) is 0 Å². The second-order valence-corrected chi connectivity index (χ2v) is 8.89. The quantitative estimate of drug-likeness (QED) is 0.424. The number of nitrogens with zero attached hydrogens (tertiary/aromatic N) is 4. The van der Waals surface area contributed by atoms with Gasteiger partial charge in [-0.15, -0.1) is 0 Å². The van der Waals surface area contributed by atoms with Crippen LogP contribution in [0.15, 0.2) is 53.2 Å². The molecule has 1 fully saturated rings. The molecule has 2 atom stereocenters. The highest BCUT2D eigenvalue weighted by atomic mass is 19.1. The number of halogens is 2. The molecule has 1 aliphatic rings. The Hall–Kier alpha value is -3.88. The molecule has 1 aliphatic heterocycles. The van der Waals surface area contributed by atoms with Crippen LogP contribution < -0.4 is 5.32 Å². The van der Waals surface area contributed by atoms with Crippen molar-refractivity contribution in [1.82, 2.24) is 19.9 Å². The maximum atomic E-state index is 15.2. The molecule has 0 unspecified atom stereocenters. The summed E-state index contributed by atoms with van der Waals surface area (Å²) in [6.45, 7) is 4.66. The first kappa shape index (κ1) is 22.9. The van der Waals surface area contributed by atoms with Crippen LogP contribution in [-0.4, -0.2) is 44.9 Å².